The maximum Gasteiger partial charge on any atom is 0.341 e. The summed E-state index contributed by atoms with van der Waals surface area (Å²) in [4.78, 5) is 27.4. The van der Waals surface area contributed by atoms with Crippen molar-refractivity contribution in [3.8, 4) is 17.2 Å². The van der Waals surface area contributed by atoms with Gasteiger partial charge in [-0.2, -0.15) is 0 Å². The number of rotatable bonds is 5. The molecule has 0 saturated carbocycles. The number of hydrogen-bond acceptors (Lipinski definition) is 5. The first-order chi connectivity index (χ1) is 16.5. The van der Waals surface area contributed by atoms with E-state index in [0.29, 0.717) is 28.4 Å². The summed E-state index contributed by atoms with van der Waals surface area (Å²) < 4.78 is 8.22. The van der Waals surface area contributed by atoms with E-state index >= 15 is 0 Å². The van der Waals surface area contributed by atoms with Crippen LogP contribution in [0.1, 0.15) is 29.6 Å². The molecule has 2 aliphatic rings. The minimum atomic E-state index is -1.24. The Labute approximate surface area is 196 Å². The molecule has 0 bridgehead atoms. The van der Waals surface area contributed by atoms with Crippen LogP contribution in [-0.2, 0) is 0 Å². The Morgan fingerprint density at radius 2 is 2.00 bits per heavy atom. The van der Waals surface area contributed by atoms with Crippen molar-refractivity contribution in [2.75, 3.05) is 25.5 Å². The molecule has 7 nitrogen and oxygen atoms in total. The first-order valence-electron chi connectivity index (χ1n) is 11.6. The highest BCUT2D eigenvalue weighted by molar-refractivity contribution is 6.02. The van der Waals surface area contributed by atoms with Gasteiger partial charge in [-0.3, -0.25) is 4.79 Å². The highest BCUT2D eigenvalue weighted by atomic mass is 16.5. The van der Waals surface area contributed by atoms with Crippen molar-refractivity contribution in [1.29, 1.82) is 0 Å². The number of carboxylic acids is 1. The predicted molar refractivity (Wildman–Crippen MR) is 133 cm³/mol. The van der Waals surface area contributed by atoms with Crippen molar-refractivity contribution in [3.63, 3.8) is 0 Å². The van der Waals surface area contributed by atoms with E-state index in [2.05, 4.69) is 17.3 Å². The van der Waals surface area contributed by atoms with Crippen LogP contribution in [0.2, 0.25) is 0 Å². The number of nitrogens with one attached hydrogen (secondary N) is 1. The second kappa shape index (κ2) is 7.88. The Hall–Kier alpha value is -3.84. The van der Waals surface area contributed by atoms with E-state index in [1.54, 1.807) is 6.07 Å². The first kappa shape index (κ1) is 20.7. The van der Waals surface area contributed by atoms with Gasteiger partial charge >= 0.3 is 5.97 Å². The molecule has 1 fully saturated rings. The standard InChI is InChI=1S/C27H25N3O4/c1-29-14-4-6-17(29)12-13-28-21-10-9-19-24-26(21)34-22-11-8-16-5-2-3-7-18(16)23(22)30(24)15-20(25(19)31)27(32)33/h2-3,5,7-11,15,17,28H,4,6,12-14H2,1H3,(H,32,33). The smallest absolute Gasteiger partial charge is 0.341 e. The monoisotopic (exact) mass is 455 g/mol. The Balaban J connectivity index is 1.53. The summed E-state index contributed by atoms with van der Waals surface area (Å²) in [6.45, 7) is 1.91. The van der Waals surface area contributed by atoms with Crippen LogP contribution in [0.15, 0.2) is 59.5 Å². The third-order valence-corrected chi connectivity index (χ3v) is 7.13. The number of carbonyl (C=O) groups is 1. The van der Waals surface area contributed by atoms with Crippen LogP contribution in [0.25, 0.3) is 27.4 Å². The maximum atomic E-state index is 13.0. The number of pyridine rings is 1. The fraction of sp³-hybridized carbons (Fsp3) is 0.259. The van der Waals surface area contributed by atoms with Crippen molar-refractivity contribution in [2.24, 2.45) is 0 Å². The summed E-state index contributed by atoms with van der Waals surface area (Å²) in [7, 11) is 2.17. The number of aromatic carboxylic acids is 1. The lowest BCUT2D eigenvalue weighted by atomic mass is 10.0. The number of aromatic nitrogens is 1. The van der Waals surface area contributed by atoms with Crippen molar-refractivity contribution >= 4 is 33.3 Å². The van der Waals surface area contributed by atoms with Crippen LogP contribution < -0.4 is 15.5 Å². The molecule has 3 aromatic carbocycles. The van der Waals surface area contributed by atoms with E-state index in [9.17, 15) is 14.7 Å². The zero-order valence-corrected chi connectivity index (χ0v) is 18.9. The Morgan fingerprint density at radius 3 is 2.79 bits per heavy atom. The molecule has 6 rings (SSSR count). The van der Waals surface area contributed by atoms with Crippen LogP contribution in [0.5, 0.6) is 11.5 Å². The molecule has 7 heteroatoms. The van der Waals surface area contributed by atoms with Gasteiger partial charge < -0.3 is 24.6 Å². The minimum Gasteiger partial charge on any atom is -0.477 e. The fourth-order valence-corrected chi connectivity index (χ4v) is 5.36. The molecule has 1 aromatic heterocycles. The molecule has 3 heterocycles. The zero-order chi connectivity index (χ0) is 23.4. The van der Waals surface area contributed by atoms with E-state index in [1.807, 2.05) is 47.0 Å². The molecule has 1 atom stereocenters. The Morgan fingerprint density at radius 1 is 1.15 bits per heavy atom. The normalized spacial score (nSPS) is 17.0. The Bertz CT molecular complexity index is 1520. The highest BCUT2D eigenvalue weighted by Gasteiger charge is 2.27. The maximum absolute atomic E-state index is 13.0. The predicted octanol–water partition coefficient (Wildman–Crippen LogP) is 4.84. The second-order valence-corrected chi connectivity index (χ2v) is 9.11. The molecule has 0 radical (unpaired) electrons. The third kappa shape index (κ3) is 3.15. The van der Waals surface area contributed by atoms with E-state index in [1.165, 1.54) is 19.0 Å². The summed E-state index contributed by atoms with van der Waals surface area (Å²) in [6.07, 6.45) is 4.88. The van der Waals surface area contributed by atoms with Gasteiger partial charge in [0.15, 0.2) is 11.5 Å². The quantitative estimate of drug-likeness (QED) is 0.394. The average molecular weight is 456 g/mol. The molecule has 1 unspecified atom stereocenters. The molecular formula is C27H25N3O4. The van der Waals surface area contributed by atoms with Gasteiger partial charge in [0.1, 0.15) is 11.1 Å². The molecule has 1 saturated heterocycles. The lowest BCUT2D eigenvalue weighted by Gasteiger charge is -2.27. The van der Waals surface area contributed by atoms with Crippen molar-refractivity contribution in [2.45, 2.75) is 25.3 Å². The molecular weight excluding hydrogens is 430 g/mol. The third-order valence-electron chi connectivity index (χ3n) is 7.13. The van der Waals surface area contributed by atoms with Gasteiger partial charge in [0, 0.05) is 24.2 Å². The Kier molecular flexibility index (Phi) is 4.81. The summed E-state index contributed by atoms with van der Waals surface area (Å²) in [5.74, 6) is -0.0697. The largest absolute Gasteiger partial charge is 0.477 e. The zero-order valence-electron chi connectivity index (χ0n) is 18.9. The van der Waals surface area contributed by atoms with Crippen LogP contribution in [0.4, 0.5) is 5.69 Å². The van der Waals surface area contributed by atoms with E-state index in [4.69, 9.17) is 4.74 Å². The van der Waals surface area contributed by atoms with Crippen molar-refractivity contribution in [3.05, 3.63) is 70.5 Å². The number of carboxylic acid groups (broad SMARTS) is 1. The van der Waals surface area contributed by atoms with Gasteiger partial charge in [0.2, 0.25) is 5.43 Å². The van der Waals surface area contributed by atoms with Crippen molar-refractivity contribution in [1.82, 2.24) is 9.47 Å². The topological polar surface area (TPSA) is 83.8 Å². The SMILES string of the molecule is CN1CCCC1CCNc1ccc2c(=O)c(C(=O)O)cn3c2c1Oc1ccc2ccccc2c1-3. The number of fused-ring (bicyclic) bond motifs is 4. The lowest BCUT2D eigenvalue weighted by Crippen LogP contribution is -2.27. The number of anilines is 1. The van der Waals surface area contributed by atoms with Crippen LogP contribution in [0.3, 0.4) is 0 Å². The number of benzene rings is 3. The minimum absolute atomic E-state index is 0.260. The number of likely N-dealkylation sites (tertiary alicyclic amines) is 1. The number of nitrogens with zero attached hydrogens (tertiary/aromatic N) is 2. The lowest BCUT2D eigenvalue weighted by molar-refractivity contribution is 0.0695. The van der Waals surface area contributed by atoms with Gasteiger partial charge in [-0.05, 0) is 56.4 Å². The molecule has 0 aliphatic carbocycles. The van der Waals surface area contributed by atoms with Gasteiger partial charge in [-0.15, -0.1) is 0 Å². The van der Waals surface area contributed by atoms with E-state index in [-0.39, 0.29) is 5.56 Å². The molecule has 0 amide bonds. The average Bonchev–Trinajstić information content (AvgIpc) is 3.25. The molecule has 2 N–H and O–H groups in total. The van der Waals surface area contributed by atoms with E-state index in [0.717, 1.165) is 41.7 Å². The fourth-order valence-electron chi connectivity index (χ4n) is 5.36. The van der Waals surface area contributed by atoms with Crippen LogP contribution in [0, 0.1) is 0 Å². The number of ether oxygens (including phenoxy) is 1. The molecule has 0 spiro atoms. The van der Waals surface area contributed by atoms with Gasteiger partial charge in [0.05, 0.1) is 16.8 Å². The second-order valence-electron chi connectivity index (χ2n) is 9.11. The van der Waals surface area contributed by atoms with Crippen LogP contribution >= 0.6 is 0 Å². The highest BCUT2D eigenvalue weighted by Crippen LogP contribution is 2.46. The van der Waals surface area contributed by atoms with Gasteiger partial charge in [-0.25, -0.2) is 4.79 Å². The molecule has 34 heavy (non-hydrogen) atoms. The molecule has 2 aliphatic heterocycles. The van der Waals surface area contributed by atoms with Crippen LogP contribution in [-0.4, -0.2) is 46.7 Å². The molecule has 172 valence electrons. The summed E-state index contributed by atoms with van der Waals surface area (Å²) >= 11 is 0. The summed E-state index contributed by atoms with van der Waals surface area (Å²) in [5.41, 5.74) is 1.35. The summed E-state index contributed by atoms with van der Waals surface area (Å²) in [5, 5.41) is 15.5. The molecule has 4 aromatic rings. The number of hydrogen-bond donors (Lipinski definition) is 2. The summed E-state index contributed by atoms with van der Waals surface area (Å²) in [6, 6.07) is 15.8. The van der Waals surface area contributed by atoms with Gasteiger partial charge in [-0.1, -0.05) is 30.3 Å². The first-order valence-corrected chi connectivity index (χ1v) is 11.6. The van der Waals surface area contributed by atoms with Gasteiger partial charge in [0.25, 0.3) is 0 Å². The van der Waals surface area contributed by atoms with E-state index < -0.39 is 11.4 Å². The van der Waals surface area contributed by atoms with Crippen molar-refractivity contribution < 1.29 is 14.6 Å².